The minimum absolute atomic E-state index is 4.16. The molecule has 2 nitrogen and oxygen atoms in total. The number of halogens is 3. The van der Waals surface area contributed by atoms with Gasteiger partial charge in [0.25, 0.3) is 9.74 Å². The van der Waals surface area contributed by atoms with Gasteiger partial charge in [-0.25, -0.2) is 8.42 Å². The zero-order chi connectivity index (χ0) is 6.08. The smallest absolute Gasteiger partial charge is 0.215 e. The summed E-state index contributed by atoms with van der Waals surface area (Å²) < 4.78 is 49.9. The first-order chi connectivity index (χ1) is 2.94. The van der Waals surface area contributed by atoms with E-state index in [4.69, 9.17) is 8.42 Å². The largest absolute Gasteiger partial charge is 0.311 e. The van der Waals surface area contributed by atoms with E-state index in [1.807, 2.05) is 0 Å². The molecule has 0 amide bonds. The molecular weight excluding hydrogens is 153 g/mol. The van der Waals surface area contributed by atoms with E-state index in [1.165, 1.54) is 0 Å². The van der Waals surface area contributed by atoms with Crippen molar-refractivity contribution in [3.8, 4) is 0 Å². The van der Waals surface area contributed by atoms with Crippen molar-refractivity contribution in [1.29, 1.82) is 0 Å². The molecule has 0 rings (SSSR count). The van der Waals surface area contributed by atoms with Crippen molar-refractivity contribution in [2.24, 2.45) is 0 Å². The van der Waals surface area contributed by atoms with Crippen LogP contribution in [-0.4, -0.2) is 8.42 Å². The topological polar surface area (TPSA) is 34.1 Å². The lowest BCUT2D eigenvalue weighted by Gasteiger charge is -1.94. The van der Waals surface area contributed by atoms with Crippen molar-refractivity contribution in [2.75, 3.05) is 0 Å². The Bertz CT molecular complexity index is 111. The number of hydrogen-bond acceptors (Lipinski definition) is 2. The van der Waals surface area contributed by atoms with Gasteiger partial charge >= 0.3 is 10.2 Å². The maximum atomic E-state index is 10.7. The Hall–Kier alpha value is 0.0900. The van der Waals surface area contributed by atoms with E-state index < -0.39 is 20.0 Å². The normalized spacial score (nSPS) is 14.9. The monoisotopic (exact) mass is 154 g/mol. The van der Waals surface area contributed by atoms with E-state index >= 15 is 0 Å². The summed E-state index contributed by atoms with van der Waals surface area (Å²) in [6, 6.07) is 0. The highest BCUT2D eigenvalue weighted by Crippen LogP contribution is 2.53. The first-order valence-corrected chi connectivity index (χ1v) is 4.13. The third-order valence-corrected chi connectivity index (χ3v) is 1.52. The summed E-state index contributed by atoms with van der Waals surface area (Å²) in [4.78, 5) is 0. The summed E-state index contributed by atoms with van der Waals surface area (Å²) in [5.41, 5.74) is 0. The van der Waals surface area contributed by atoms with E-state index in [1.54, 1.807) is 0 Å². The van der Waals surface area contributed by atoms with Crippen molar-refractivity contribution in [3.63, 3.8) is 0 Å². The lowest BCUT2D eigenvalue weighted by atomic mass is 15.9. The Morgan fingerprint density at radius 1 is 1.14 bits per heavy atom. The highest BCUT2D eigenvalue weighted by Gasteiger charge is 2.23. The average molecular weight is 154 g/mol. The SMILES string of the molecule is O=[SH](=O)S(F)(F)F. The molecule has 0 spiro atoms. The van der Waals surface area contributed by atoms with Gasteiger partial charge in [0, 0.05) is 0 Å². The van der Waals surface area contributed by atoms with Crippen molar-refractivity contribution in [2.45, 2.75) is 0 Å². The summed E-state index contributed by atoms with van der Waals surface area (Å²) in [6.07, 6.45) is 0. The summed E-state index contributed by atoms with van der Waals surface area (Å²) >= 11 is 0. The number of rotatable bonds is 1. The van der Waals surface area contributed by atoms with Crippen LogP contribution in [0.4, 0.5) is 11.7 Å². The van der Waals surface area contributed by atoms with Crippen LogP contribution >= 0.6 is 10.2 Å². The van der Waals surface area contributed by atoms with Gasteiger partial charge in [-0.05, 0) is 0 Å². The molecule has 0 heterocycles. The van der Waals surface area contributed by atoms with Gasteiger partial charge in [-0.3, -0.25) is 0 Å². The van der Waals surface area contributed by atoms with Crippen LogP contribution in [0.3, 0.4) is 0 Å². The predicted molar refractivity (Wildman–Crippen MR) is 21.2 cm³/mol. The van der Waals surface area contributed by atoms with Crippen LogP contribution in [0.15, 0.2) is 0 Å². The van der Waals surface area contributed by atoms with Gasteiger partial charge in [0.2, 0.25) is 0 Å². The van der Waals surface area contributed by atoms with E-state index in [0.29, 0.717) is 0 Å². The van der Waals surface area contributed by atoms with Crippen LogP contribution in [-0.2, 0) is 9.74 Å². The fourth-order valence-corrected chi connectivity index (χ4v) is 0. The highest BCUT2D eigenvalue weighted by molar-refractivity contribution is 8.77. The molecule has 0 aromatic carbocycles. The van der Waals surface area contributed by atoms with Crippen molar-refractivity contribution in [3.05, 3.63) is 0 Å². The molecule has 0 aromatic heterocycles. The quantitative estimate of drug-likeness (QED) is 0.451. The second-order valence-corrected chi connectivity index (χ2v) is 3.95. The van der Waals surface area contributed by atoms with Crippen LogP contribution in [0.1, 0.15) is 0 Å². The maximum absolute atomic E-state index is 10.7. The van der Waals surface area contributed by atoms with Crippen LogP contribution < -0.4 is 0 Å². The number of thiol groups is 1. The molecule has 46 valence electrons. The second-order valence-electron chi connectivity index (χ2n) is 0.606. The molecule has 0 bridgehead atoms. The van der Waals surface area contributed by atoms with Gasteiger partial charge in [0.05, 0.1) is 0 Å². The lowest BCUT2D eigenvalue weighted by Crippen LogP contribution is -1.73. The third kappa shape index (κ3) is 2.75. The Kier molecular flexibility index (Phi) is 1.93. The zero-order valence-electron chi connectivity index (χ0n) is 2.81. The van der Waals surface area contributed by atoms with E-state index in [0.717, 1.165) is 0 Å². The van der Waals surface area contributed by atoms with E-state index in [-0.39, 0.29) is 0 Å². The molecule has 0 N–H and O–H groups in total. The van der Waals surface area contributed by atoms with E-state index in [9.17, 15) is 11.7 Å². The number of hydrogen-bond donors (Lipinski definition) is 1. The van der Waals surface area contributed by atoms with Crippen molar-refractivity contribution in [1.82, 2.24) is 0 Å². The first-order valence-electron chi connectivity index (χ1n) is 1.01. The lowest BCUT2D eigenvalue weighted by molar-refractivity contribution is 0.604. The second kappa shape index (κ2) is 1.91. The fraction of sp³-hybridized carbons (Fsp3) is 0. The summed E-state index contributed by atoms with van der Waals surface area (Å²) in [5.74, 6) is 0. The first kappa shape index (κ1) is 7.09. The molecule has 0 aliphatic heterocycles. The molecule has 0 saturated carbocycles. The van der Waals surface area contributed by atoms with Crippen molar-refractivity contribution < 1.29 is 20.1 Å². The van der Waals surface area contributed by atoms with Gasteiger partial charge in [-0.2, -0.15) is 0 Å². The maximum Gasteiger partial charge on any atom is 0.311 e. The Morgan fingerprint density at radius 3 is 1.29 bits per heavy atom. The minimum atomic E-state index is -5.79. The standard InChI is InChI=1S/F3HO2S2/c1-7(2,3)6(4)5/h6H. The fourth-order valence-electron chi connectivity index (χ4n) is 0. The van der Waals surface area contributed by atoms with Gasteiger partial charge in [-0.15, -0.1) is 11.7 Å². The molecule has 7 heteroatoms. The molecule has 0 atom stereocenters. The molecule has 0 aliphatic carbocycles. The molecule has 0 aromatic rings. The molecule has 7 heavy (non-hydrogen) atoms. The van der Waals surface area contributed by atoms with Gasteiger partial charge < -0.3 is 0 Å². The van der Waals surface area contributed by atoms with Gasteiger partial charge in [0.15, 0.2) is 0 Å². The molecule has 0 radical (unpaired) electrons. The summed E-state index contributed by atoms with van der Waals surface area (Å²) in [6.45, 7) is 0. The minimum Gasteiger partial charge on any atom is -0.215 e. The van der Waals surface area contributed by atoms with Crippen LogP contribution in [0, 0.1) is 0 Å². The third-order valence-electron chi connectivity index (χ3n) is 0.169. The van der Waals surface area contributed by atoms with Crippen molar-refractivity contribution >= 4 is 20.0 Å². The summed E-state index contributed by atoms with van der Waals surface area (Å²) in [5, 5.41) is 0. The zero-order valence-corrected chi connectivity index (χ0v) is 4.52. The van der Waals surface area contributed by atoms with Crippen LogP contribution in [0.5, 0.6) is 0 Å². The van der Waals surface area contributed by atoms with E-state index in [2.05, 4.69) is 0 Å². The molecular formula is HF3O2S2. The Morgan fingerprint density at radius 2 is 1.29 bits per heavy atom. The molecule has 0 saturated heterocycles. The van der Waals surface area contributed by atoms with Crippen LogP contribution in [0.2, 0.25) is 0 Å². The average Bonchev–Trinajstić information content (AvgIpc) is 1.31. The van der Waals surface area contributed by atoms with Crippen LogP contribution in [0.25, 0.3) is 0 Å². The highest BCUT2D eigenvalue weighted by atomic mass is 33.2. The Balaban J connectivity index is 4.08. The van der Waals surface area contributed by atoms with Gasteiger partial charge in [0.1, 0.15) is 0 Å². The predicted octanol–water partition coefficient (Wildman–Crippen LogP) is 0.971. The molecule has 0 unspecified atom stereocenters. The van der Waals surface area contributed by atoms with Gasteiger partial charge in [-0.1, -0.05) is 0 Å². The summed E-state index contributed by atoms with van der Waals surface area (Å²) in [7, 11) is -9.95. The molecule has 0 aliphatic rings. The molecule has 0 fully saturated rings. The Labute approximate surface area is 40.9 Å².